The summed E-state index contributed by atoms with van der Waals surface area (Å²) in [6.45, 7) is 10.6. The molecule has 3 saturated heterocycles. The number of unbranched alkanes of at least 4 members (excludes halogenated alkanes) is 5. The van der Waals surface area contributed by atoms with Crippen molar-refractivity contribution in [1.29, 1.82) is 0 Å². The van der Waals surface area contributed by atoms with Crippen LogP contribution in [0.15, 0.2) is 67.8 Å². The number of ether oxygens (including phenoxy) is 2. The number of hydrogen-bond acceptors (Lipinski definition) is 6. The fourth-order valence-corrected chi connectivity index (χ4v) is 7.65. The average Bonchev–Trinajstić information content (AvgIpc) is 3.59. The zero-order chi connectivity index (χ0) is 31.3. The largest absolute Gasteiger partial charge is 0.465 e. The summed E-state index contributed by atoms with van der Waals surface area (Å²) >= 11 is 0. The van der Waals surface area contributed by atoms with Crippen LogP contribution in [0.25, 0.3) is 10.8 Å². The fraction of sp³-hybridized carbons (Fsp3) is 0.528. The van der Waals surface area contributed by atoms with Gasteiger partial charge in [0.1, 0.15) is 17.6 Å². The Balaban J connectivity index is 1.48. The van der Waals surface area contributed by atoms with E-state index < -0.39 is 35.0 Å². The number of likely N-dealkylation sites (tertiary alicyclic amines) is 1. The summed E-state index contributed by atoms with van der Waals surface area (Å²) < 4.78 is 12.5. The number of benzene rings is 2. The Morgan fingerprint density at radius 2 is 1.82 bits per heavy atom. The third-order valence-electron chi connectivity index (χ3n) is 9.74. The third-order valence-corrected chi connectivity index (χ3v) is 9.74. The summed E-state index contributed by atoms with van der Waals surface area (Å²) in [5, 5.41) is 11.3. The fourth-order valence-electron chi connectivity index (χ4n) is 7.65. The van der Waals surface area contributed by atoms with Gasteiger partial charge in [0.05, 0.1) is 18.1 Å². The van der Waals surface area contributed by atoms with Crippen LogP contribution < -0.4 is 4.90 Å². The van der Waals surface area contributed by atoms with Crippen LogP contribution >= 0.6 is 0 Å². The predicted molar refractivity (Wildman–Crippen MR) is 171 cm³/mol. The van der Waals surface area contributed by atoms with Gasteiger partial charge < -0.3 is 24.4 Å². The zero-order valence-corrected chi connectivity index (χ0v) is 25.9. The number of rotatable bonds is 16. The SMILES string of the molecule is C=CCCCCOC(=O)[C@@H]1[C@H]2C(=O)N(CCCCCCO)C(C(=O)N(CC=C)c3ccc4ccccc4c3)C23CC[C@@]1(C)O3. The number of esters is 1. The molecule has 2 unspecified atom stereocenters. The van der Waals surface area contributed by atoms with E-state index in [0.717, 1.165) is 48.6 Å². The van der Waals surface area contributed by atoms with E-state index in [-0.39, 0.29) is 31.6 Å². The molecule has 5 rings (SSSR count). The molecule has 3 heterocycles. The van der Waals surface area contributed by atoms with Crippen LogP contribution in [-0.2, 0) is 23.9 Å². The first-order chi connectivity index (χ1) is 21.3. The van der Waals surface area contributed by atoms with Crippen molar-refractivity contribution in [2.24, 2.45) is 11.8 Å². The molecule has 2 aromatic carbocycles. The molecule has 5 atom stereocenters. The Kier molecular flexibility index (Phi) is 9.90. The van der Waals surface area contributed by atoms with Gasteiger partial charge in [-0.15, -0.1) is 13.2 Å². The molecule has 0 aromatic heterocycles. The first-order valence-electron chi connectivity index (χ1n) is 16.1. The molecule has 8 nitrogen and oxygen atoms in total. The molecule has 1 N–H and O–H groups in total. The smallest absolute Gasteiger partial charge is 0.312 e. The Hall–Kier alpha value is -3.49. The molecule has 236 valence electrons. The maximum Gasteiger partial charge on any atom is 0.312 e. The Bertz CT molecular complexity index is 1390. The molecule has 3 fully saturated rings. The second-order valence-corrected chi connectivity index (χ2v) is 12.6. The van der Waals surface area contributed by atoms with Gasteiger partial charge in [0.25, 0.3) is 5.91 Å². The van der Waals surface area contributed by atoms with E-state index in [2.05, 4.69) is 13.2 Å². The van der Waals surface area contributed by atoms with Crippen molar-refractivity contribution in [2.45, 2.75) is 82.0 Å². The second-order valence-electron chi connectivity index (χ2n) is 12.6. The van der Waals surface area contributed by atoms with E-state index in [4.69, 9.17) is 9.47 Å². The first kappa shape index (κ1) is 31.9. The number of aliphatic hydroxyl groups is 1. The van der Waals surface area contributed by atoms with E-state index in [1.54, 1.807) is 15.9 Å². The summed E-state index contributed by atoms with van der Waals surface area (Å²) in [4.78, 5) is 46.2. The molecule has 2 amide bonds. The summed E-state index contributed by atoms with van der Waals surface area (Å²) in [7, 11) is 0. The summed E-state index contributed by atoms with van der Waals surface area (Å²) in [6, 6.07) is 13.0. The van der Waals surface area contributed by atoms with E-state index in [0.29, 0.717) is 32.2 Å². The number of allylic oxidation sites excluding steroid dienone is 1. The Labute approximate surface area is 260 Å². The lowest BCUT2D eigenvalue weighted by Gasteiger charge is -2.37. The number of fused-ring (bicyclic) bond motifs is 2. The molecule has 2 bridgehead atoms. The van der Waals surface area contributed by atoms with Gasteiger partial charge in [0.2, 0.25) is 5.91 Å². The summed E-state index contributed by atoms with van der Waals surface area (Å²) in [5.74, 6) is -2.41. The number of nitrogens with zero attached hydrogens (tertiary/aromatic N) is 2. The average molecular weight is 603 g/mol. The van der Waals surface area contributed by atoms with Gasteiger partial charge in [-0.25, -0.2) is 0 Å². The third kappa shape index (κ3) is 5.82. The molecule has 3 aliphatic rings. The van der Waals surface area contributed by atoms with Crippen LogP contribution in [0.3, 0.4) is 0 Å². The molecule has 44 heavy (non-hydrogen) atoms. The second kappa shape index (κ2) is 13.7. The van der Waals surface area contributed by atoms with Crippen molar-refractivity contribution in [3.8, 4) is 0 Å². The van der Waals surface area contributed by atoms with Crippen molar-refractivity contribution < 1.29 is 29.0 Å². The van der Waals surface area contributed by atoms with Gasteiger partial charge in [-0.3, -0.25) is 14.4 Å². The minimum Gasteiger partial charge on any atom is -0.465 e. The first-order valence-corrected chi connectivity index (χ1v) is 16.1. The minimum atomic E-state index is -1.11. The number of aliphatic hydroxyl groups excluding tert-OH is 1. The number of hydrogen-bond donors (Lipinski definition) is 1. The molecule has 0 radical (unpaired) electrons. The van der Waals surface area contributed by atoms with Crippen molar-refractivity contribution in [1.82, 2.24) is 4.90 Å². The maximum atomic E-state index is 14.8. The Morgan fingerprint density at radius 1 is 1.05 bits per heavy atom. The Morgan fingerprint density at radius 3 is 2.57 bits per heavy atom. The van der Waals surface area contributed by atoms with Gasteiger partial charge in [0, 0.05) is 25.4 Å². The normalized spacial score (nSPS) is 27.0. The minimum absolute atomic E-state index is 0.126. The highest BCUT2D eigenvalue weighted by Crippen LogP contribution is 2.63. The van der Waals surface area contributed by atoms with E-state index in [1.165, 1.54) is 0 Å². The zero-order valence-electron chi connectivity index (χ0n) is 25.9. The molecule has 0 aliphatic carbocycles. The standard InChI is InChI=1S/C36H46N2O6/c1-4-6-7-14-24-43-34(42)30-29-32(40)38(22-12-8-9-13-23-39)31(36(29)20-19-35(30,3)44-36)33(41)37(21-5-2)28-18-17-26-15-10-11-16-27(26)25-28/h4-5,10-11,15-18,25,29-31,39H,1-2,6-9,12-14,19-24H2,3H3/t29-,30-,31?,35+,36?/m0/s1. The highest BCUT2D eigenvalue weighted by molar-refractivity contribution is 6.05. The number of carbonyl (C=O) groups is 3. The molecule has 2 aromatic rings. The number of anilines is 1. The highest BCUT2D eigenvalue weighted by atomic mass is 16.6. The van der Waals surface area contributed by atoms with Crippen molar-refractivity contribution >= 4 is 34.2 Å². The summed E-state index contributed by atoms with van der Waals surface area (Å²) in [6.07, 6.45) is 10.1. The lowest BCUT2D eigenvalue weighted by molar-refractivity contribution is -0.159. The molecule has 3 aliphatic heterocycles. The van der Waals surface area contributed by atoms with Gasteiger partial charge in [-0.2, -0.15) is 0 Å². The maximum absolute atomic E-state index is 14.8. The molecular formula is C36H46N2O6. The van der Waals surface area contributed by atoms with Crippen LogP contribution in [0.5, 0.6) is 0 Å². The van der Waals surface area contributed by atoms with E-state index in [1.807, 2.05) is 55.5 Å². The van der Waals surface area contributed by atoms with Crippen LogP contribution in [0.1, 0.15) is 64.7 Å². The quantitative estimate of drug-likeness (QED) is 0.153. The van der Waals surface area contributed by atoms with Crippen LogP contribution in [0.4, 0.5) is 5.69 Å². The van der Waals surface area contributed by atoms with Gasteiger partial charge in [0.15, 0.2) is 0 Å². The monoisotopic (exact) mass is 602 g/mol. The predicted octanol–water partition coefficient (Wildman–Crippen LogP) is 5.58. The summed E-state index contributed by atoms with van der Waals surface area (Å²) in [5.41, 5.74) is -1.27. The number of carbonyl (C=O) groups excluding carboxylic acids is 3. The lowest BCUT2D eigenvalue weighted by Crippen LogP contribution is -2.56. The molecular weight excluding hydrogens is 556 g/mol. The topological polar surface area (TPSA) is 96.4 Å². The molecule has 0 saturated carbocycles. The van der Waals surface area contributed by atoms with Crippen molar-refractivity contribution in [2.75, 3.05) is 31.2 Å². The molecule has 8 heteroatoms. The van der Waals surface area contributed by atoms with E-state index >= 15 is 0 Å². The van der Waals surface area contributed by atoms with Crippen LogP contribution in [0, 0.1) is 11.8 Å². The molecule has 1 spiro atoms. The van der Waals surface area contributed by atoms with Crippen LogP contribution in [0.2, 0.25) is 0 Å². The lowest BCUT2D eigenvalue weighted by atomic mass is 9.66. The highest BCUT2D eigenvalue weighted by Gasteiger charge is 2.78. The van der Waals surface area contributed by atoms with Crippen molar-refractivity contribution in [3.05, 3.63) is 67.8 Å². The number of amides is 2. The van der Waals surface area contributed by atoms with E-state index in [9.17, 15) is 19.5 Å². The van der Waals surface area contributed by atoms with Gasteiger partial charge >= 0.3 is 5.97 Å². The van der Waals surface area contributed by atoms with Gasteiger partial charge in [-0.05, 0) is 74.8 Å². The van der Waals surface area contributed by atoms with Crippen molar-refractivity contribution in [3.63, 3.8) is 0 Å². The van der Waals surface area contributed by atoms with Crippen LogP contribution in [-0.4, -0.2) is 71.3 Å². The van der Waals surface area contributed by atoms with Gasteiger partial charge in [-0.1, -0.05) is 55.3 Å².